The first-order valence-corrected chi connectivity index (χ1v) is 9.89. The van der Waals surface area contributed by atoms with Crippen LogP contribution in [0.15, 0.2) is 65.3 Å². The molecule has 4 N–H and O–H groups in total. The van der Waals surface area contributed by atoms with E-state index in [1.165, 1.54) is 6.26 Å². The number of thiophene rings is 1. The second-order valence-electron chi connectivity index (χ2n) is 6.75. The average molecular weight is 410 g/mol. The molecule has 0 aliphatic carbocycles. The SMILES string of the molecule is N#Cc1c(N)nc2sc(C(=O)c3ccc4ccccc4c3)c(N)c2c1-c1ccco1. The number of pyridine rings is 1. The highest BCUT2D eigenvalue weighted by Crippen LogP contribution is 2.43. The first-order chi connectivity index (χ1) is 14.6. The Balaban J connectivity index is 1.74. The molecule has 0 radical (unpaired) electrons. The van der Waals surface area contributed by atoms with Gasteiger partial charge in [0.1, 0.15) is 32.9 Å². The van der Waals surface area contributed by atoms with Gasteiger partial charge in [0.2, 0.25) is 5.78 Å². The number of nitrogens with two attached hydrogens (primary N) is 2. The maximum absolute atomic E-state index is 13.3. The van der Waals surface area contributed by atoms with Gasteiger partial charge in [-0.1, -0.05) is 36.4 Å². The number of fused-ring (bicyclic) bond motifs is 2. The molecular weight excluding hydrogens is 396 g/mol. The van der Waals surface area contributed by atoms with Crippen molar-refractivity contribution in [1.82, 2.24) is 4.98 Å². The second-order valence-corrected chi connectivity index (χ2v) is 7.75. The number of carbonyl (C=O) groups excluding carboxylic acids is 1. The van der Waals surface area contributed by atoms with Crippen molar-refractivity contribution < 1.29 is 9.21 Å². The van der Waals surface area contributed by atoms with E-state index in [0.717, 1.165) is 22.1 Å². The Morgan fingerprint density at radius 1 is 1.07 bits per heavy atom. The van der Waals surface area contributed by atoms with Gasteiger partial charge in [-0.3, -0.25) is 4.79 Å². The molecule has 0 spiro atoms. The summed E-state index contributed by atoms with van der Waals surface area (Å²) in [6, 6.07) is 18.9. The Labute approximate surface area is 175 Å². The minimum atomic E-state index is -0.205. The molecule has 0 saturated heterocycles. The van der Waals surface area contributed by atoms with E-state index in [0.29, 0.717) is 32.0 Å². The molecule has 0 amide bonds. The monoisotopic (exact) mass is 410 g/mol. The fraction of sp³-hybridized carbons (Fsp3) is 0. The third kappa shape index (κ3) is 2.63. The molecule has 6 nitrogen and oxygen atoms in total. The number of benzene rings is 2. The van der Waals surface area contributed by atoms with Crippen LogP contribution < -0.4 is 11.5 Å². The lowest BCUT2D eigenvalue weighted by atomic mass is 10.00. The molecule has 3 heterocycles. The molecule has 0 aliphatic rings. The molecule has 0 bridgehead atoms. The molecular formula is C23H14N4O2S. The van der Waals surface area contributed by atoms with Crippen LogP contribution >= 0.6 is 11.3 Å². The highest BCUT2D eigenvalue weighted by molar-refractivity contribution is 7.21. The number of aromatic nitrogens is 1. The molecule has 0 fully saturated rings. The van der Waals surface area contributed by atoms with Crippen molar-refractivity contribution in [2.24, 2.45) is 0 Å². The minimum absolute atomic E-state index is 0.0716. The van der Waals surface area contributed by atoms with Crippen molar-refractivity contribution in [3.63, 3.8) is 0 Å². The van der Waals surface area contributed by atoms with Gasteiger partial charge >= 0.3 is 0 Å². The van der Waals surface area contributed by atoms with Gasteiger partial charge in [0.05, 0.1) is 17.5 Å². The van der Waals surface area contributed by atoms with Crippen molar-refractivity contribution in [2.45, 2.75) is 0 Å². The van der Waals surface area contributed by atoms with Crippen LogP contribution in [0.1, 0.15) is 20.8 Å². The zero-order valence-electron chi connectivity index (χ0n) is 15.5. The predicted octanol–water partition coefficient (Wildman–Crippen LogP) is 4.98. The summed E-state index contributed by atoms with van der Waals surface area (Å²) in [5, 5.41) is 12.1. The van der Waals surface area contributed by atoms with E-state index in [-0.39, 0.29) is 22.9 Å². The van der Waals surface area contributed by atoms with Gasteiger partial charge in [0, 0.05) is 10.9 Å². The highest BCUT2D eigenvalue weighted by atomic mass is 32.1. The molecule has 0 unspecified atom stereocenters. The van der Waals surface area contributed by atoms with E-state index in [4.69, 9.17) is 15.9 Å². The van der Waals surface area contributed by atoms with Gasteiger partial charge < -0.3 is 15.9 Å². The van der Waals surface area contributed by atoms with E-state index in [1.54, 1.807) is 18.2 Å². The largest absolute Gasteiger partial charge is 0.464 e. The summed E-state index contributed by atoms with van der Waals surface area (Å²) in [5.74, 6) is 0.311. The first-order valence-electron chi connectivity index (χ1n) is 9.07. The zero-order chi connectivity index (χ0) is 20.8. The number of hydrogen-bond donors (Lipinski definition) is 2. The summed E-state index contributed by atoms with van der Waals surface area (Å²) in [4.78, 5) is 18.5. The molecule has 2 aromatic carbocycles. The second kappa shape index (κ2) is 6.72. The number of nitrogen functional groups attached to an aromatic ring is 2. The number of ketones is 1. The molecule has 0 aliphatic heterocycles. The van der Waals surface area contributed by atoms with Gasteiger partial charge in [-0.2, -0.15) is 5.26 Å². The smallest absolute Gasteiger partial charge is 0.205 e. The number of furan rings is 1. The van der Waals surface area contributed by atoms with Crippen LogP contribution in [0.2, 0.25) is 0 Å². The molecule has 0 atom stereocenters. The van der Waals surface area contributed by atoms with E-state index >= 15 is 0 Å². The van der Waals surface area contributed by atoms with Crippen LogP contribution in [0.25, 0.3) is 32.3 Å². The van der Waals surface area contributed by atoms with Gasteiger partial charge in [-0.15, -0.1) is 11.3 Å². The summed E-state index contributed by atoms with van der Waals surface area (Å²) in [5.41, 5.74) is 13.9. The van der Waals surface area contributed by atoms with Gasteiger partial charge in [0.25, 0.3) is 0 Å². The van der Waals surface area contributed by atoms with Crippen LogP contribution in [0, 0.1) is 11.3 Å². The van der Waals surface area contributed by atoms with Crippen molar-refractivity contribution in [1.29, 1.82) is 5.26 Å². The summed E-state index contributed by atoms with van der Waals surface area (Å²) in [6.45, 7) is 0. The maximum Gasteiger partial charge on any atom is 0.205 e. The number of carbonyl (C=O) groups is 1. The predicted molar refractivity (Wildman–Crippen MR) is 118 cm³/mol. The number of rotatable bonds is 3. The summed E-state index contributed by atoms with van der Waals surface area (Å²) >= 11 is 1.16. The van der Waals surface area contributed by atoms with Crippen molar-refractivity contribution >= 4 is 49.6 Å². The van der Waals surface area contributed by atoms with Crippen LogP contribution in [-0.2, 0) is 0 Å². The van der Waals surface area contributed by atoms with Crippen molar-refractivity contribution in [3.05, 3.63) is 76.9 Å². The van der Waals surface area contributed by atoms with Crippen molar-refractivity contribution in [2.75, 3.05) is 11.5 Å². The Hall–Kier alpha value is -4.15. The zero-order valence-corrected chi connectivity index (χ0v) is 16.4. The molecule has 3 aromatic heterocycles. The summed E-state index contributed by atoms with van der Waals surface area (Å²) in [7, 11) is 0. The topological polar surface area (TPSA) is 119 Å². The van der Waals surface area contributed by atoms with E-state index in [9.17, 15) is 10.1 Å². The highest BCUT2D eigenvalue weighted by Gasteiger charge is 2.26. The van der Waals surface area contributed by atoms with Crippen molar-refractivity contribution in [3.8, 4) is 17.4 Å². The third-order valence-corrected chi connectivity index (χ3v) is 6.10. The Kier molecular flexibility index (Phi) is 4.02. The standard InChI is InChI=1S/C23H14N4O2S/c24-11-15-17(16-6-3-9-29-16)18-19(25)21(30-23(18)27-22(15)26)20(28)14-8-7-12-4-1-2-5-13(12)10-14/h1-10H,25H2,(H2,26,27). The quantitative estimate of drug-likeness (QED) is 0.405. The first kappa shape index (κ1) is 17.9. The molecule has 5 aromatic rings. The van der Waals surface area contributed by atoms with E-state index < -0.39 is 0 Å². The van der Waals surface area contributed by atoms with E-state index in [2.05, 4.69) is 11.1 Å². The average Bonchev–Trinajstić information content (AvgIpc) is 3.40. The summed E-state index contributed by atoms with van der Waals surface area (Å²) < 4.78 is 5.51. The molecule has 7 heteroatoms. The minimum Gasteiger partial charge on any atom is -0.464 e. The fourth-order valence-electron chi connectivity index (χ4n) is 3.58. The summed E-state index contributed by atoms with van der Waals surface area (Å²) in [6.07, 6.45) is 1.50. The maximum atomic E-state index is 13.3. The van der Waals surface area contributed by atoms with E-state index in [1.807, 2.05) is 36.4 Å². The number of anilines is 2. The number of hydrogen-bond acceptors (Lipinski definition) is 7. The molecule has 5 rings (SSSR count). The Morgan fingerprint density at radius 2 is 1.87 bits per heavy atom. The Bertz CT molecular complexity index is 1490. The Morgan fingerprint density at radius 3 is 2.60 bits per heavy atom. The van der Waals surface area contributed by atoms with Crippen LogP contribution in [0.4, 0.5) is 11.5 Å². The molecule has 0 saturated carbocycles. The molecule has 144 valence electrons. The van der Waals surface area contributed by atoms with Gasteiger partial charge in [-0.05, 0) is 29.0 Å². The lowest BCUT2D eigenvalue weighted by Crippen LogP contribution is -2.02. The van der Waals surface area contributed by atoms with Crippen LogP contribution in [-0.4, -0.2) is 10.8 Å². The third-order valence-electron chi connectivity index (χ3n) is 5.00. The lowest BCUT2D eigenvalue weighted by Gasteiger charge is -2.07. The van der Waals surface area contributed by atoms with Crippen LogP contribution in [0.5, 0.6) is 0 Å². The fourth-order valence-corrected chi connectivity index (χ4v) is 4.65. The number of nitriles is 1. The van der Waals surface area contributed by atoms with Crippen LogP contribution in [0.3, 0.4) is 0 Å². The molecule has 30 heavy (non-hydrogen) atoms. The normalized spacial score (nSPS) is 11.0. The number of nitrogens with zero attached hydrogens (tertiary/aromatic N) is 2. The van der Waals surface area contributed by atoms with Gasteiger partial charge in [-0.25, -0.2) is 4.98 Å². The van der Waals surface area contributed by atoms with Gasteiger partial charge in [0.15, 0.2) is 0 Å². The lowest BCUT2D eigenvalue weighted by molar-refractivity contribution is 0.104.